The van der Waals surface area contributed by atoms with Crippen molar-refractivity contribution in [3.05, 3.63) is 93.4 Å². The maximum absolute atomic E-state index is 13.2. The number of allylic oxidation sites excluding steroid dienone is 1. The van der Waals surface area contributed by atoms with E-state index in [4.69, 9.17) is 30.5 Å². The zero-order valence-electron chi connectivity index (χ0n) is 22.9. The molecular weight excluding hydrogens is 628 g/mol. The van der Waals surface area contributed by atoms with Crippen molar-refractivity contribution in [2.24, 2.45) is 0 Å². The molecule has 3 aromatic carbocycles. The van der Waals surface area contributed by atoms with E-state index in [1.807, 2.05) is 31.2 Å². The van der Waals surface area contributed by atoms with Gasteiger partial charge in [0.15, 0.2) is 23.0 Å². The number of rotatable bonds is 12. The summed E-state index contributed by atoms with van der Waals surface area (Å²) in [7, 11) is 1.58. The van der Waals surface area contributed by atoms with Gasteiger partial charge in [0.1, 0.15) is 18.8 Å². The third-order valence-electron chi connectivity index (χ3n) is 6.02. The number of methoxy groups -OCH3 is 1. The number of carbonyl (C=O) groups is 3. The fourth-order valence-electron chi connectivity index (χ4n) is 4.14. The summed E-state index contributed by atoms with van der Waals surface area (Å²) in [6.45, 7) is 6.33. The quantitative estimate of drug-likeness (QED) is 0.105. The first-order valence-corrected chi connectivity index (χ1v) is 14.1. The molecule has 0 aliphatic carbocycles. The molecule has 1 saturated heterocycles. The maximum atomic E-state index is 13.2. The van der Waals surface area contributed by atoms with Gasteiger partial charge in [0.05, 0.1) is 23.9 Å². The Morgan fingerprint density at radius 3 is 2.38 bits per heavy atom. The maximum Gasteiger partial charge on any atom is 0.335 e. The molecule has 1 N–H and O–H groups in total. The lowest BCUT2D eigenvalue weighted by atomic mass is 10.1. The molecule has 1 aliphatic heterocycles. The number of carbonyl (C=O) groups excluding carboxylic acids is 3. The van der Waals surface area contributed by atoms with Crippen molar-refractivity contribution in [1.29, 1.82) is 0 Å². The Labute approximate surface area is 256 Å². The number of ether oxygens (including phenoxy) is 4. The largest absolute Gasteiger partial charge is 0.493 e. The minimum Gasteiger partial charge on any atom is -0.493 e. The van der Waals surface area contributed by atoms with Crippen molar-refractivity contribution >= 4 is 57.1 Å². The molecule has 0 saturated carbocycles. The zero-order valence-corrected chi connectivity index (χ0v) is 25.3. The number of nitrogens with one attached hydrogen (secondary N) is 1. The van der Waals surface area contributed by atoms with Crippen molar-refractivity contribution in [2.45, 2.75) is 13.3 Å². The lowest BCUT2D eigenvalue weighted by molar-refractivity contribution is -0.122. The Morgan fingerprint density at radius 1 is 0.952 bits per heavy atom. The predicted molar refractivity (Wildman–Crippen MR) is 164 cm³/mol. The first kappa shape index (κ1) is 30.7. The summed E-state index contributed by atoms with van der Waals surface area (Å²) in [6.07, 6.45) is 3.92. The van der Waals surface area contributed by atoms with Crippen LogP contribution >= 0.6 is 27.5 Å². The molecule has 9 nitrogen and oxygen atoms in total. The number of urea groups is 1. The van der Waals surface area contributed by atoms with E-state index in [9.17, 15) is 14.4 Å². The molecule has 11 heteroatoms. The van der Waals surface area contributed by atoms with Gasteiger partial charge in [0.2, 0.25) is 0 Å². The van der Waals surface area contributed by atoms with E-state index in [2.05, 4.69) is 27.8 Å². The number of benzene rings is 3. The summed E-state index contributed by atoms with van der Waals surface area (Å²) in [5.74, 6) is 0.426. The van der Waals surface area contributed by atoms with Crippen LogP contribution < -0.4 is 29.2 Å². The lowest BCUT2D eigenvalue weighted by Gasteiger charge is -2.26. The van der Waals surface area contributed by atoms with Gasteiger partial charge in [-0.3, -0.25) is 14.9 Å². The predicted octanol–water partition coefficient (Wildman–Crippen LogP) is 6.36. The molecule has 0 aromatic heterocycles. The second-order valence-electron chi connectivity index (χ2n) is 8.87. The topological polar surface area (TPSA) is 103 Å². The summed E-state index contributed by atoms with van der Waals surface area (Å²) in [6, 6.07) is 14.3. The van der Waals surface area contributed by atoms with E-state index < -0.39 is 17.8 Å². The molecule has 0 bridgehead atoms. The van der Waals surface area contributed by atoms with Crippen LogP contribution in [0.3, 0.4) is 0 Å². The summed E-state index contributed by atoms with van der Waals surface area (Å²) in [5, 5.41) is 2.65. The molecular formula is C31H28BrClN2O7. The molecule has 42 heavy (non-hydrogen) atoms. The van der Waals surface area contributed by atoms with E-state index in [0.717, 1.165) is 16.9 Å². The summed E-state index contributed by atoms with van der Waals surface area (Å²) in [5.41, 5.74) is 1.58. The summed E-state index contributed by atoms with van der Waals surface area (Å²) >= 11 is 9.44. The highest BCUT2D eigenvalue weighted by atomic mass is 79.9. The van der Waals surface area contributed by atoms with Crippen molar-refractivity contribution < 1.29 is 33.3 Å². The number of hydrogen-bond acceptors (Lipinski definition) is 7. The highest BCUT2D eigenvalue weighted by Crippen LogP contribution is 2.38. The molecule has 3 aromatic rings. The third-order valence-corrected chi connectivity index (χ3v) is 6.87. The van der Waals surface area contributed by atoms with Crippen LogP contribution in [0.15, 0.2) is 77.3 Å². The molecule has 0 spiro atoms. The first-order valence-electron chi connectivity index (χ1n) is 12.9. The van der Waals surface area contributed by atoms with Gasteiger partial charge in [-0.1, -0.05) is 23.7 Å². The van der Waals surface area contributed by atoms with Crippen LogP contribution in [-0.4, -0.2) is 44.8 Å². The highest BCUT2D eigenvalue weighted by Gasteiger charge is 2.36. The third kappa shape index (κ3) is 7.13. The Kier molecular flexibility index (Phi) is 10.3. The first-order chi connectivity index (χ1) is 20.2. The van der Waals surface area contributed by atoms with Crippen molar-refractivity contribution in [3.8, 4) is 23.0 Å². The van der Waals surface area contributed by atoms with Gasteiger partial charge < -0.3 is 18.9 Å². The standard InChI is InChI=1S/C31H28BrClN2O7/c1-4-6-19-7-12-25(26(17-19)39-3)41-13-14-42-28-24(32)16-20(18-27(28)40-5-2)15-23-29(36)34-31(38)35(30(23)37)22-10-8-21(33)9-11-22/h4,7-12,15-18H,1,5-6,13-14H2,2-3H3,(H,34,36,38)/b23-15-. The number of halogens is 2. The minimum absolute atomic E-state index is 0.190. The molecule has 1 aliphatic rings. The molecule has 1 heterocycles. The number of hydrogen-bond donors (Lipinski definition) is 1. The van der Waals surface area contributed by atoms with Crippen LogP contribution in [0.25, 0.3) is 6.08 Å². The lowest BCUT2D eigenvalue weighted by Crippen LogP contribution is -2.54. The van der Waals surface area contributed by atoms with Crippen molar-refractivity contribution in [1.82, 2.24) is 5.32 Å². The molecule has 218 valence electrons. The molecule has 4 amide bonds. The van der Waals surface area contributed by atoms with Crippen molar-refractivity contribution in [2.75, 3.05) is 31.8 Å². The molecule has 0 atom stereocenters. The highest BCUT2D eigenvalue weighted by molar-refractivity contribution is 9.10. The minimum atomic E-state index is -0.850. The van der Waals surface area contributed by atoms with Crippen LogP contribution in [0.2, 0.25) is 5.02 Å². The van der Waals surface area contributed by atoms with Crippen LogP contribution in [0, 0.1) is 0 Å². The average molecular weight is 656 g/mol. The summed E-state index contributed by atoms with van der Waals surface area (Å²) < 4.78 is 23.6. The number of nitrogens with zero attached hydrogens (tertiary/aromatic N) is 1. The monoisotopic (exact) mass is 654 g/mol. The normalized spacial score (nSPS) is 14.0. The van der Waals surface area contributed by atoms with Crippen LogP contribution in [0.5, 0.6) is 23.0 Å². The Bertz CT molecular complexity index is 1540. The number of barbiturate groups is 1. The number of amides is 4. The fraction of sp³-hybridized carbons (Fsp3) is 0.194. The second-order valence-corrected chi connectivity index (χ2v) is 10.2. The van der Waals surface area contributed by atoms with Gasteiger partial charge in [-0.2, -0.15) is 0 Å². The zero-order chi connectivity index (χ0) is 30.2. The second kappa shape index (κ2) is 14.1. The average Bonchev–Trinajstić information content (AvgIpc) is 2.96. The fourth-order valence-corrected chi connectivity index (χ4v) is 4.84. The Hall–Kier alpha value is -4.28. The van der Waals surface area contributed by atoms with E-state index in [1.54, 1.807) is 31.4 Å². The van der Waals surface area contributed by atoms with E-state index in [0.29, 0.717) is 44.7 Å². The number of anilines is 1. The van der Waals surface area contributed by atoms with Gasteiger partial charge in [0, 0.05) is 5.02 Å². The Morgan fingerprint density at radius 2 is 1.69 bits per heavy atom. The summed E-state index contributed by atoms with van der Waals surface area (Å²) in [4.78, 5) is 39.2. The van der Waals surface area contributed by atoms with Crippen molar-refractivity contribution in [3.63, 3.8) is 0 Å². The van der Waals surface area contributed by atoms with E-state index in [-0.39, 0.29) is 24.5 Å². The molecule has 1 fully saturated rings. The van der Waals surface area contributed by atoms with E-state index >= 15 is 0 Å². The molecule has 4 rings (SSSR count). The van der Waals surface area contributed by atoms with Gasteiger partial charge in [-0.25, -0.2) is 9.69 Å². The smallest absolute Gasteiger partial charge is 0.335 e. The van der Waals surface area contributed by atoms with Gasteiger partial charge in [0.25, 0.3) is 11.8 Å². The molecule has 0 radical (unpaired) electrons. The van der Waals surface area contributed by atoms with Crippen LogP contribution in [-0.2, 0) is 16.0 Å². The number of imide groups is 2. The SMILES string of the molecule is C=CCc1ccc(OCCOc2c(Br)cc(/C=C3/C(=O)NC(=O)N(c4ccc(Cl)cc4)C3=O)cc2OCC)c(OC)c1. The Balaban J connectivity index is 1.51. The molecule has 0 unspecified atom stereocenters. The van der Waals surface area contributed by atoms with Gasteiger partial charge in [-0.15, -0.1) is 6.58 Å². The van der Waals surface area contributed by atoms with Gasteiger partial charge in [-0.05, 0) is 95.0 Å². The van der Waals surface area contributed by atoms with E-state index in [1.165, 1.54) is 18.2 Å². The van der Waals surface area contributed by atoms with Crippen LogP contribution in [0.4, 0.5) is 10.5 Å². The van der Waals surface area contributed by atoms with Crippen LogP contribution in [0.1, 0.15) is 18.1 Å². The van der Waals surface area contributed by atoms with Gasteiger partial charge >= 0.3 is 6.03 Å².